The number of amides is 1. The van der Waals surface area contributed by atoms with E-state index in [0.29, 0.717) is 18.4 Å². The Morgan fingerprint density at radius 2 is 1.84 bits per heavy atom. The fourth-order valence-corrected chi connectivity index (χ4v) is 5.41. The third-order valence-corrected chi connectivity index (χ3v) is 7.17. The number of piperidine rings is 1. The van der Waals surface area contributed by atoms with Crippen LogP contribution in [0.25, 0.3) is 0 Å². The molecule has 172 valence electrons. The Balaban J connectivity index is 1.45. The number of halogens is 2. The molecule has 2 fully saturated rings. The molecule has 0 bridgehead atoms. The van der Waals surface area contributed by atoms with Crippen molar-refractivity contribution in [2.24, 2.45) is 5.92 Å². The number of alkyl halides is 2. The molecule has 2 aliphatic rings. The first-order chi connectivity index (χ1) is 15.4. The number of aliphatic hydroxyl groups is 1. The molecule has 0 radical (unpaired) electrons. The minimum absolute atomic E-state index is 0.0897. The third kappa shape index (κ3) is 4.71. The van der Waals surface area contributed by atoms with E-state index in [-0.39, 0.29) is 18.8 Å². The summed E-state index contributed by atoms with van der Waals surface area (Å²) in [6.45, 7) is 4.43. The molecule has 0 spiro atoms. The number of hydrogen-bond donors (Lipinski definition) is 2. The molecule has 1 heterocycles. The molecule has 4 rings (SSSR count). The molecule has 2 aromatic rings. The highest BCUT2D eigenvalue weighted by atomic mass is 19.2. The van der Waals surface area contributed by atoms with Crippen molar-refractivity contribution < 1.29 is 18.7 Å². The van der Waals surface area contributed by atoms with Gasteiger partial charge in [0.25, 0.3) is 5.91 Å². The summed E-state index contributed by atoms with van der Waals surface area (Å²) in [5.74, 6) is -0.825. The molecular weight excluding hydrogens is 410 g/mol. The predicted molar refractivity (Wildman–Crippen MR) is 120 cm³/mol. The molecule has 2 unspecified atom stereocenters. The van der Waals surface area contributed by atoms with Crippen LogP contribution in [-0.4, -0.2) is 46.9 Å². The minimum atomic E-state index is -1.76. The zero-order chi connectivity index (χ0) is 22.7. The lowest BCUT2D eigenvalue weighted by atomic mass is 9.75. The lowest BCUT2D eigenvalue weighted by molar-refractivity contribution is -0.134. The molecule has 4 atom stereocenters. The quantitative estimate of drug-likeness (QED) is 0.703. The molecule has 1 amide bonds. The molecule has 2 aromatic carbocycles. The van der Waals surface area contributed by atoms with Gasteiger partial charge in [-0.15, -0.1) is 0 Å². The summed E-state index contributed by atoms with van der Waals surface area (Å²) in [5.41, 5.74) is 1.64. The number of nitrogens with zero attached hydrogens (tertiary/aromatic N) is 1. The van der Waals surface area contributed by atoms with E-state index >= 15 is 4.39 Å². The van der Waals surface area contributed by atoms with Gasteiger partial charge in [-0.25, -0.2) is 8.78 Å². The first kappa shape index (κ1) is 22.9. The Labute approximate surface area is 188 Å². The number of carbonyl (C=O) groups excluding carboxylic acids is 1. The Morgan fingerprint density at radius 1 is 1.12 bits per heavy atom. The number of nitrogens with one attached hydrogen (secondary N) is 1. The van der Waals surface area contributed by atoms with Crippen LogP contribution in [0.15, 0.2) is 54.6 Å². The molecule has 6 heteroatoms. The van der Waals surface area contributed by atoms with Gasteiger partial charge in [0.15, 0.2) is 12.3 Å². The largest absolute Gasteiger partial charge is 0.378 e. The van der Waals surface area contributed by atoms with Crippen LogP contribution in [0.5, 0.6) is 0 Å². The summed E-state index contributed by atoms with van der Waals surface area (Å²) >= 11 is 0. The highest BCUT2D eigenvalue weighted by molar-refractivity contribution is 5.82. The molecule has 4 nitrogen and oxygen atoms in total. The van der Waals surface area contributed by atoms with Crippen molar-refractivity contribution in [1.82, 2.24) is 10.2 Å². The first-order valence-electron chi connectivity index (χ1n) is 11.5. The predicted octanol–water partition coefficient (Wildman–Crippen LogP) is 4.27. The SMILES string of the molecule is Cc1cccc(CN2CCC([C@]3(NC(=O)[C@H](O)c4ccccc4)CCC(F)C3F)CC2)c1. The van der Waals surface area contributed by atoms with Crippen LogP contribution in [0.2, 0.25) is 0 Å². The smallest absolute Gasteiger partial charge is 0.254 e. The van der Waals surface area contributed by atoms with Crippen LogP contribution in [0, 0.1) is 12.8 Å². The number of hydrogen-bond acceptors (Lipinski definition) is 3. The molecule has 2 N–H and O–H groups in total. The normalized spacial score (nSPS) is 27.9. The van der Waals surface area contributed by atoms with E-state index in [0.717, 1.165) is 19.6 Å². The topological polar surface area (TPSA) is 52.6 Å². The fraction of sp³-hybridized carbons (Fsp3) is 0.500. The van der Waals surface area contributed by atoms with Gasteiger partial charge in [0.2, 0.25) is 0 Å². The molecule has 1 saturated heterocycles. The van der Waals surface area contributed by atoms with Crippen LogP contribution >= 0.6 is 0 Å². The zero-order valence-electron chi connectivity index (χ0n) is 18.5. The highest BCUT2D eigenvalue weighted by Crippen LogP contribution is 2.44. The summed E-state index contributed by atoms with van der Waals surface area (Å²) in [7, 11) is 0. The summed E-state index contributed by atoms with van der Waals surface area (Å²) < 4.78 is 29.6. The summed E-state index contributed by atoms with van der Waals surface area (Å²) in [6.07, 6.45) is -3.05. The Kier molecular flexibility index (Phi) is 6.91. The van der Waals surface area contributed by atoms with Crippen molar-refractivity contribution >= 4 is 5.91 Å². The number of carbonyl (C=O) groups is 1. The molecule has 32 heavy (non-hydrogen) atoms. The standard InChI is InChI=1S/C26H32F2N2O2/c1-18-6-5-7-19(16-18)17-30-14-11-21(12-15-30)26(13-10-22(27)24(26)28)29-25(32)23(31)20-8-3-2-4-9-20/h2-9,16,21-24,31H,10-15,17H2,1H3,(H,29,32)/t22?,23-,24?,26-/m1/s1. The van der Waals surface area contributed by atoms with E-state index in [1.807, 2.05) is 6.07 Å². The number of likely N-dealkylation sites (tertiary alicyclic amines) is 1. The maximum Gasteiger partial charge on any atom is 0.254 e. The van der Waals surface area contributed by atoms with Crippen molar-refractivity contribution in [3.8, 4) is 0 Å². The van der Waals surface area contributed by atoms with E-state index in [1.165, 1.54) is 11.1 Å². The van der Waals surface area contributed by atoms with Gasteiger partial charge in [0, 0.05) is 6.54 Å². The van der Waals surface area contributed by atoms with Crippen LogP contribution in [-0.2, 0) is 11.3 Å². The average molecular weight is 443 g/mol. The lowest BCUT2D eigenvalue weighted by Crippen LogP contribution is -2.61. The van der Waals surface area contributed by atoms with Crippen LogP contribution < -0.4 is 5.32 Å². The van der Waals surface area contributed by atoms with E-state index in [4.69, 9.17) is 0 Å². The maximum atomic E-state index is 15.3. The van der Waals surface area contributed by atoms with Crippen LogP contribution in [0.1, 0.15) is 48.5 Å². The second-order valence-electron chi connectivity index (χ2n) is 9.34. The number of aryl methyl sites for hydroxylation is 1. The number of aliphatic hydroxyl groups excluding tert-OH is 1. The molecule has 0 aromatic heterocycles. The van der Waals surface area contributed by atoms with E-state index < -0.39 is 29.9 Å². The second kappa shape index (κ2) is 9.67. The number of benzene rings is 2. The maximum absolute atomic E-state index is 15.3. The molecule has 1 aliphatic heterocycles. The molecular formula is C26H32F2N2O2. The summed E-state index contributed by atoms with van der Waals surface area (Å²) in [5, 5.41) is 13.3. The Hall–Kier alpha value is -2.31. The fourth-order valence-electron chi connectivity index (χ4n) is 5.41. The highest BCUT2D eigenvalue weighted by Gasteiger charge is 2.55. The van der Waals surface area contributed by atoms with Gasteiger partial charge in [-0.2, -0.15) is 0 Å². The average Bonchev–Trinajstić information content (AvgIpc) is 3.09. The zero-order valence-corrected chi connectivity index (χ0v) is 18.5. The molecule has 1 aliphatic carbocycles. The van der Waals surface area contributed by atoms with Gasteiger partial charge in [0.05, 0.1) is 5.54 Å². The van der Waals surface area contributed by atoms with Gasteiger partial charge in [0.1, 0.15) is 6.17 Å². The van der Waals surface area contributed by atoms with E-state index in [2.05, 4.69) is 35.3 Å². The Morgan fingerprint density at radius 3 is 2.47 bits per heavy atom. The third-order valence-electron chi connectivity index (χ3n) is 7.17. The monoisotopic (exact) mass is 442 g/mol. The van der Waals surface area contributed by atoms with Crippen molar-refractivity contribution in [3.63, 3.8) is 0 Å². The minimum Gasteiger partial charge on any atom is -0.378 e. The van der Waals surface area contributed by atoms with Gasteiger partial charge in [-0.1, -0.05) is 60.2 Å². The van der Waals surface area contributed by atoms with Gasteiger partial charge < -0.3 is 10.4 Å². The van der Waals surface area contributed by atoms with E-state index in [1.54, 1.807) is 30.3 Å². The summed E-state index contributed by atoms with van der Waals surface area (Å²) in [6, 6.07) is 17.0. The van der Waals surface area contributed by atoms with Gasteiger partial charge >= 0.3 is 0 Å². The number of rotatable bonds is 6. The van der Waals surface area contributed by atoms with Gasteiger partial charge in [-0.05, 0) is 62.7 Å². The van der Waals surface area contributed by atoms with E-state index in [9.17, 15) is 14.3 Å². The lowest BCUT2D eigenvalue weighted by Gasteiger charge is -2.44. The summed E-state index contributed by atoms with van der Waals surface area (Å²) in [4.78, 5) is 15.2. The van der Waals surface area contributed by atoms with Crippen molar-refractivity contribution in [2.45, 2.75) is 63.1 Å². The molecule has 1 saturated carbocycles. The Bertz CT molecular complexity index is 917. The van der Waals surface area contributed by atoms with Crippen molar-refractivity contribution in [2.75, 3.05) is 13.1 Å². The van der Waals surface area contributed by atoms with Crippen molar-refractivity contribution in [1.29, 1.82) is 0 Å². The van der Waals surface area contributed by atoms with Crippen LogP contribution in [0.3, 0.4) is 0 Å². The van der Waals surface area contributed by atoms with Crippen LogP contribution in [0.4, 0.5) is 8.78 Å². The second-order valence-corrected chi connectivity index (χ2v) is 9.34. The van der Waals surface area contributed by atoms with Crippen molar-refractivity contribution in [3.05, 3.63) is 71.3 Å². The first-order valence-corrected chi connectivity index (χ1v) is 11.5. The van der Waals surface area contributed by atoms with Gasteiger partial charge in [-0.3, -0.25) is 9.69 Å².